The van der Waals surface area contributed by atoms with Gasteiger partial charge in [-0.15, -0.1) is 0 Å². The molecule has 2 nitrogen and oxygen atoms in total. The highest BCUT2D eigenvalue weighted by atomic mass is 35.5. The first kappa shape index (κ1) is 11.1. The third-order valence-corrected chi connectivity index (χ3v) is 3.40. The second kappa shape index (κ2) is 4.00. The van der Waals surface area contributed by atoms with Gasteiger partial charge in [0.2, 0.25) is 0 Å². The van der Waals surface area contributed by atoms with Crippen LogP contribution in [-0.4, -0.2) is 5.91 Å². The summed E-state index contributed by atoms with van der Waals surface area (Å²) in [4.78, 5) is 11.5. The fraction of sp³-hybridized carbons (Fsp3) is 0. The van der Waals surface area contributed by atoms with Gasteiger partial charge in [0, 0.05) is 0 Å². The van der Waals surface area contributed by atoms with Crippen molar-refractivity contribution in [2.75, 3.05) is 0 Å². The van der Waals surface area contributed by atoms with Crippen LogP contribution in [0.5, 0.6) is 0 Å². The quantitative estimate of drug-likeness (QED) is 0.661. The van der Waals surface area contributed by atoms with Gasteiger partial charge >= 0.3 is 0 Å². The smallest absolute Gasteiger partial charge is 0.250 e. The molecule has 88 valence electrons. The molecule has 0 aromatic heterocycles. The van der Waals surface area contributed by atoms with Gasteiger partial charge in [-0.05, 0) is 39.7 Å². The number of primary amides is 1. The molecule has 3 rings (SSSR count). The Morgan fingerprint density at radius 2 is 1.61 bits per heavy atom. The molecule has 2 N–H and O–H groups in total. The second-order valence-electron chi connectivity index (χ2n) is 4.21. The Morgan fingerprint density at radius 1 is 0.944 bits per heavy atom. The van der Waals surface area contributed by atoms with Crippen molar-refractivity contribution in [3.05, 3.63) is 59.1 Å². The summed E-state index contributed by atoms with van der Waals surface area (Å²) in [6.45, 7) is 0. The highest BCUT2D eigenvalue weighted by molar-refractivity contribution is 6.35. The summed E-state index contributed by atoms with van der Waals surface area (Å²) in [7, 11) is 0. The van der Waals surface area contributed by atoms with E-state index in [0.717, 1.165) is 21.5 Å². The van der Waals surface area contributed by atoms with Gasteiger partial charge in [0.1, 0.15) is 0 Å². The van der Waals surface area contributed by atoms with Crippen molar-refractivity contribution >= 4 is 39.1 Å². The van der Waals surface area contributed by atoms with Crippen LogP contribution in [0.15, 0.2) is 48.5 Å². The molecule has 3 heteroatoms. The summed E-state index contributed by atoms with van der Waals surface area (Å²) in [5, 5.41) is 4.35. The van der Waals surface area contributed by atoms with E-state index in [-0.39, 0.29) is 0 Å². The van der Waals surface area contributed by atoms with Gasteiger partial charge < -0.3 is 5.73 Å². The summed E-state index contributed by atoms with van der Waals surface area (Å²) >= 11 is 6.05. The fourth-order valence-corrected chi connectivity index (χ4v) is 2.50. The summed E-state index contributed by atoms with van der Waals surface area (Å²) in [6, 6.07) is 15.6. The molecular formula is C15H10ClNO. The number of amides is 1. The van der Waals surface area contributed by atoms with Crippen molar-refractivity contribution in [1.29, 1.82) is 0 Å². The van der Waals surface area contributed by atoms with Crippen molar-refractivity contribution in [3.63, 3.8) is 0 Å². The van der Waals surface area contributed by atoms with Gasteiger partial charge in [0.05, 0.1) is 10.6 Å². The summed E-state index contributed by atoms with van der Waals surface area (Å²) in [6.07, 6.45) is 0. The van der Waals surface area contributed by atoms with Crippen molar-refractivity contribution in [2.24, 2.45) is 5.73 Å². The maximum absolute atomic E-state index is 11.5. The van der Waals surface area contributed by atoms with Gasteiger partial charge in [-0.2, -0.15) is 0 Å². The number of fused-ring (bicyclic) bond motifs is 2. The van der Waals surface area contributed by atoms with Crippen LogP contribution in [0.3, 0.4) is 0 Å². The third-order valence-electron chi connectivity index (χ3n) is 3.08. The van der Waals surface area contributed by atoms with E-state index < -0.39 is 5.91 Å². The largest absolute Gasteiger partial charge is 0.366 e. The molecule has 3 aromatic rings. The first-order valence-electron chi connectivity index (χ1n) is 5.57. The predicted octanol–water partition coefficient (Wildman–Crippen LogP) is 3.75. The van der Waals surface area contributed by atoms with Crippen molar-refractivity contribution < 1.29 is 4.79 Å². The summed E-state index contributed by atoms with van der Waals surface area (Å²) < 4.78 is 0. The van der Waals surface area contributed by atoms with Crippen LogP contribution in [0.2, 0.25) is 5.02 Å². The monoisotopic (exact) mass is 255 g/mol. The van der Waals surface area contributed by atoms with E-state index >= 15 is 0 Å². The predicted molar refractivity (Wildman–Crippen MR) is 75.0 cm³/mol. The minimum Gasteiger partial charge on any atom is -0.366 e. The van der Waals surface area contributed by atoms with Crippen molar-refractivity contribution in [3.8, 4) is 0 Å². The van der Waals surface area contributed by atoms with E-state index in [1.807, 2.05) is 42.5 Å². The van der Waals surface area contributed by atoms with E-state index in [0.29, 0.717) is 10.6 Å². The SMILES string of the molecule is NC(=O)c1c(Cl)ccc2cc3ccccc3cc12. The molecule has 0 aliphatic carbocycles. The lowest BCUT2D eigenvalue weighted by Gasteiger charge is -2.07. The number of hydrogen-bond acceptors (Lipinski definition) is 1. The first-order valence-corrected chi connectivity index (χ1v) is 5.95. The number of carbonyl (C=O) groups is 1. The molecule has 0 saturated heterocycles. The van der Waals surface area contributed by atoms with Crippen LogP contribution in [0.25, 0.3) is 21.5 Å². The maximum atomic E-state index is 11.5. The number of hydrogen-bond donors (Lipinski definition) is 1. The number of nitrogens with two attached hydrogens (primary N) is 1. The third kappa shape index (κ3) is 1.62. The lowest BCUT2D eigenvalue weighted by Crippen LogP contribution is -2.12. The molecule has 18 heavy (non-hydrogen) atoms. The minimum atomic E-state index is -0.499. The van der Waals surface area contributed by atoms with Crippen molar-refractivity contribution in [2.45, 2.75) is 0 Å². The van der Waals surface area contributed by atoms with Gasteiger partial charge in [-0.1, -0.05) is 41.9 Å². The molecule has 0 bridgehead atoms. The van der Waals surface area contributed by atoms with E-state index in [2.05, 4.69) is 0 Å². The van der Waals surface area contributed by atoms with E-state index in [1.165, 1.54) is 0 Å². The Kier molecular flexibility index (Phi) is 2.46. The molecule has 3 aromatic carbocycles. The van der Waals surface area contributed by atoms with Crippen LogP contribution < -0.4 is 5.73 Å². The molecule has 1 amide bonds. The van der Waals surface area contributed by atoms with Gasteiger partial charge in [0.15, 0.2) is 0 Å². The zero-order valence-corrected chi connectivity index (χ0v) is 10.2. The second-order valence-corrected chi connectivity index (χ2v) is 4.61. The standard InChI is InChI=1S/C15H10ClNO/c16-13-6-5-11-7-9-3-1-2-4-10(9)8-12(11)14(13)15(17)18/h1-8H,(H2,17,18). The molecule has 0 aliphatic rings. The summed E-state index contributed by atoms with van der Waals surface area (Å²) in [5.41, 5.74) is 5.79. The molecule has 0 radical (unpaired) electrons. The van der Waals surface area contributed by atoms with Gasteiger partial charge in [0.25, 0.3) is 5.91 Å². The minimum absolute atomic E-state index is 0.389. The Hall–Kier alpha value is -2.06. The van der Waals surface area contributed by atoms with Crippen LogP contribution in [0.1, 0.15) is 10.4 Å². The number of halogens is 1. The van der Waals surface area contributed by atoms with Gasteiger partial charge in [-0.3, -0.25) is 4.79 Å². The molecule has 0 saturated carbocycles. The first-order chi connectivity index (χ1) is 8.66. The molecule has 0 spiro atoms. The fourth-order valence-electron chi connectivity index (χ4n) is 2.24. The zero-order valence-electron chi connectivity index (χ0n) is 9.48. The molecule has 0 heterocycles. The highest BCUT2D eigenvalue weighted by Crippen LogP contribution is 2.29. The van der Waals surface area contributed by atoms with Gasteiger partial charge in [-0.25, -0.2) is 0 Å². The van der Waals surface area contributed by atoms with Crippen LogP contribution >= 0.6 is 11.6 Å². The number of benzene rings is 3. The Bertz CT molecular complexity index is 780. The molecule has 0 fully saturated rings. The maximum Gasteiger partial charge on any atom is 0.250 e. The Labute approximate surface area is 109 Å². The summed E-state index contributed by atoms with van der Waals surface area (Å²) in [5.74, 6) is -0.499. The van der Waals surface area contributed by atoms with Crippen LogP contribution in [-0.2, 0) is 0 Å². The Balaban J connectivity index is 2.50. The number of carbonyl (C=O) groups excluding carboxylic acids is 1. The molecule has 0 atom stereocenters. The highest BCUT2D eigenvalue weighted by Gasteiger charge is 2.11. The lowest BCUT2D eigenvalue weighted by atomic mass is 9.99. The average Bonchev–Trinajstić information content (AvgIpc) is 2.36. The van der Waals surface area contributed by atoms with Crippen molar-refractivity contribution in [1.82, 2.24) is 0 Å². The van der Waals surface area contributed by atoms with Crippen LogP contribution in [0, 0.1) is 0 Å². The van der Waals surface area contributed by atoms with E-state index in [1.54, 1.807) is 6.07 Å². The Morgan fingerprint density at radius 3 is 2.28 bits per heavy atom. The molecule has 0 aliphatic heterocycles. The normalized spacial score (nSPS) is 10.9. The lowest BCUT2D eigenvalue weighted by molar-refractivity contribution is 0.100. The topological polar surface area (TPSA) is 43.1 Å². The zero-order chi connectivity index (χ0) is 12.7. The molecular weight excluding hydrogens is 246 g/mol. The van der Waals surface area contributed by atoms with Crippen LogP contribution in [0.4, 0.5) is 0 Å². The average molecular weight is 256 g/mol. The molecule has 0 unspecified atom stereocenters. The van der Waals surface area contributed by atoms with E-state index in [4.69, 9.17) is 17.3 Å². The number of rotatable bonds is 1. The van der Waals surface area contributed by atoms with E-state index in [9.17, 15) is 4.79 Å².